The number of benzene rings is 2. The van der Waals surface area contributed by atoms with Crippen molar-refractivity contribution in [3.63, 3.8) is 0 Å². The Kier molecular flexibility index (Phi) is 7.77. The number of ether oxygens (including phenoxy) is 3. The Morgan fingerprint density at radius 3 is 2.48 bits per heavy atom. The molecule has 7 heteroatoms. The first-order valence-electron chi connectivity index (χ1n) is 9.68. The largest absolute Gasteiger partial charge is 0.497 e. The van der Waals surface area contributed by atoms with Gasteiger partial charge >= 0.3 is 0 Å². The highest BCUT2D eigenvalue weighted by atomic mass is 79.9. The summed E-state index contributed by atoms with van der Waals surface area (Å²) in [5, 5.41) is 0. The number of hydrogen-bond donors (Lipinski definition) is 0. The van der Waals surface area contributed by atoms with Crippen molar-refractivity contribution >= 4 is 21.8 Å². The highest BCUT2D eigenvalue weighted by molar-refractivity contribution is 9.10. The molecule has 0 atom stereocenters. The minimum absolute atomic E-state index is 0.138. The van der Waals surface area contributed by atoms with Gasteiger partial charge in [0.1, 0.15) is 17.2 Å². The number of rotatable bonds is 8. The van der Waals surface area contributed by atoms with E-state index in [4.69, 9.17) is 14.2 Å². The van der Waals surface area contributed by atoms with E-state index in [2.05, 4.69) is 20.8 Å². The summed E-state index contributed by atoms with van der Waals surface area (Å²) in [4.78, 5) is 16.7. The average molecular weight is 463 g/mol. The van der Waals surface area contributed by atoms with Gasteiger partial charge in [0.15, 0.2) is 0 Å². The molecule has 1 heterocycles. The minimum atomic E-state index is 0.138. The zero-order valence-corrected chi connectivity index (χ0v) is 18.5. The van der Waals surface area contributed by atoms with Crippen molar-refractivity contribution in [2.75, 3.05) is 47.0 Å². The van der Waals surface area contributed by atoms with Crippen molar-refractivity contribution in [1.82, 2.24) is 9.80 Å². The summed E-state index contributed by atoms with van der Waals surface area (Å²) in [6.07, 6.45) is 0.385. The second-order valence-corrected chi connectivity index (χ2v) is 7.81. The van der Waals surface area contributed by atoms with Gasteiger partial charge < -0.3 is 19.1 Å². The van der Waals surface area contributed by atoms with E-state index in [9.17, 15) is 4.79 Å². The first kappa shape index (κ1) is 21.5. The maximum Gasteiger partial charge on any atom is 0.226 e. The van der Waals surface area contributed by atoms with Gasteiger partial charge in [-0.05, 0) is 36.4 Å². The van der Waals surface area contributed by atoms with Crippen LogP contribution >= 0.6 is 15.9 Å². The first-order valence-corrected chi connectivity index (χ1v) is 10.5. The minimum Gasteiger partial charge on any atom is -0.497 e. The van der Waals surface area contributed by atoms with Crippen molar-refractivity contribution < 1.29 is 19.0 Å². The third-order valence-electron chi connectivity index (χ3n) is 4.99. The molecule has 1 aliphatic heterocycles. The molecule has 0 saturated carbocycles. The fourth-order valence-corrected chi connectivity index (χ4v) is 3.75. The summed E-state index contributed by atoms with van der Waals surface area (Å²) in [6.45, 7) is 4.27. The van der Waals surface area contributed by atoms with Gasteiger partial charge in [-0.2, -0.15) is 0 Å². The normalized spacial score (nSPS) is 14.5. The topological polar surface area (TPSA) is 51.2 Å². The molecule has 1 saturated heterocycles. The fourth-order valence-electron chi connectivity index (χ4n) is 3.37. The lowest BCUT2D eigenvalue weighted by atomic mass is 10.1. The van der Waals surface area contributed by atoms with Crippen LogP contribution in [0, 0.1) is 0 Å². The molecule has 3 rings (SSSR count). The van der Waals surface area contributed by atoms with Crippen LogP contribution in [0.2, 0.25) is 0 Å². The Labute approximate surface area is 180 Å². The van der Waals surface area contributed by atoms with Crippen molar-refractivity contribution in [2.24, 2.45) is 0 Å². The maximum atomic E-state index is 12.5. The molecule has 1 aliphatic rings. The molecule has 156 valence electrons. The smallest absolute Gasteiger partial charge is 0.226 e. The Bertz CT molecular complexity index is 822. The lowest BCUT2D eigenvalue weighted by Gasteiger charge is -2.35. The molecule has 2 aromatic rings. The predicted molar refractivity (Wildman–Crippen MR) is 116 cm³/mol. The average Bonchev–Trinajstić information content (AvgIpc) is 2.74. The molecule has 6 nitrogen and oxygen atoms in total. The third-order valence-corrected chi connectivity index (χ3v) is 5.48. The van der Waals surface area contributed by atoms with Crippen LogP contribution in [0.1, 0.15) is 12.0 Å². The van der Waals surface area contributed by atoms with Crippen LogP contribution in [0.3, 0.4) is 0 Å². The Morgan fingerprint density at radius 1 is 1.00 bits per heavy atom. The SMILES string of the molecule is COc1ccc(OC)c(CN2CCN(C(=O)CCOc3cccc(Br)c3)CC2)c1. The number of carbonyl (C=O) groups is 1. The van der Waals surface area contributed by atoms with E-state index in [0.29, 0.717) is 13.0 Å². The van der Waals surface area contributed by atoms with E-state index in [1.807, 2.05) is 47.4 Å². The lowest BCUT2D eigenvalue weighted by molar-refractivity contribution is -0.133. The van der Waals surface area contributed by atoms with E-state index in [1.54, 1.807) is 14.2 Å². The number of carbonyl (C=O) groups excluding carboxylic acids is 1. The van der Waals surface area contributed by atoms with E-state index in [1.165, 1.54) is 0 Å². The summed E-state index contributed by atoms with van der Waals surface area (Å²) in [7, 11) is 3.34. The molecule has 1 amide bonds. The number of nitrogens with zero attached hydrogens (tertiary/aromatic N) is 2. The second-order valence-electron chi connectivity index (χ2n) is 6.89. The number of amides is 1. The van der Waals surface area contributed by atoms with Crippen LogP contribution in [0.5, 0.6) is 17.2 Å². The summed E-state index contributed by atoms with van der Waals surface area (Å²) in [5.41, 5.74) is 1.09. The number of hydrogen-bond acceptors (Lipinski definition) is 5. The zero-order valence-electron chi connectivity index (χ0n) is 16.9. The predicted octanol–water partition coefficient (Wildman–Crippen LogP) is 3.58. The van der Waals surface area contributed by atoms with Gasteiger partial charge in [0.05, 0.1) is 27.2 Å². The summed E-state index contributed by atoms with van der Waals surface area (Å²) >= 11 is 3.42. The van der Waals surface area contributed by atoms with E-state index in [-0.39, 0.29) is 5.91 Å². The van der Waals surface area contributed by atoms with Crippen LogP contribution in [-0.2, 0) is 11.3 Å². The third kappa shape index (κ3) is 6.11. The molecule has 0 aliphatic carbocycles. The van der Waals surface area contributed by atoms with Gasteiger partial charge in [0.2, 0.25) is 5.91 Å². The van der Waals surface area contributed by atoms with Crippen LogP contribution < -0.4 is 14.2 Å². The quantitative estimate of drug-likeness (QED) is 0.599. The molecular formula is C22H27BrN2O4. The van der Waals surface area contributed by atoms with E-state index >= 15 is 0 Å². The standard InChI is InChI=1S/C22H27BrN2O4/c1-27-19-6-7-21(28-2)17(14-19)16-24-9-11-25(12-10-24)22(26)8-13-29-20-5-3-4-18(23)15-20/h3-7,14-15H,8-13,16H2,1-2H3. The molecule has 2 aromatic carbocycles. The highest BCUT2D eigenvalue weighted by Gasteiger charge is 2.22. The van der Waals surface area contributed by atoms with Gasteiger partial charge in [0.25, 0.3) is 0 Å². The second kappa shape index (κ2) is 10.5. The van der Waals surface area contributed by atoms with E-state index in [0.717, 1.165) is 60.0 Å². The van der Waals surface area contributed by atoms with Gasteiger partial charge in [-0.1, -0.05) is 22.0 Å². The molecule has 0 bridgehead atoms. The Balaban J connectivity index is 1.44. The number of methoxy groups -OCH3 is 2. The molecule has 0 unspecified atom stereocenters. The molecule has 0 aromatic heterocycles. The van der Waals surface area contributed by atoms with Gasteiger partial charge in [-0.25, -0.2) is 0 Å². The summed E-state index contributed by atoms with van der Waals surface area (Å²) < 4.78 is 17.4. The van der Waals surface area contributed by atoms with Crippen LogP contribution in [0.25, 0.3) is 0 Å². The summed E-state index contributed by atoms with van der Waals surface area (Å²) in [5.74, 6) is 2.58. The molecule has 0 radical (unpaired) electrons. The summed E-state index contributed by atoms with van der Waals surface area (Å²) in [6, 6.07) is 13.5. The zero-order chi connectivity index (χ0) is 20.6. The van der Waals surface area contributed by atoms with Crippen LogP contribution in [-0.4, -0.2) is 62.7 Å². The Hall–Kier alpha value is -2.25. The van der Waals surface area contributed by atoms with Gasteiger partial charge in [-0.15, -0.1) is 0 Å². The number of piperazine rings is 1. The van der Waals surface area contributed by atoms with Crippen molar-refractivity contribution in [3.8, 4) is 17.2 Å². The maximum absolute atomic E-state index is 12.5. The molecule has 29 heavy (non-hydrogen) atoms. The van der Waals surface area contributed by atoms with Crippen molar-refractivity contribution in [3.05, 3.63) is 52.5 Å². The van der Waals surface area contributed by atoms with E-state index < -0.39 is 0 Å². The van der Waals surface area contributed by atoms with Gasteiger partial charge in [-0.3, -0.25) is 9.69 Å². The highest BCUT2D eigenvalue weighted by Crippen LogP contribution is 2.25. The monoisotopic (exact) mass is 462 g/mol. The van der Waals surface area contributed by atoms with Crippen molar-refractivity contribution in [1.29, 1.82) is 0 Å². The van der Waals surface area contributed by atoms with Crippen molar-refractivity contribution in [2.45, 2.75) is 13.0 Å². The molecule has 0 N–H and O–H groups in total. The fraction of sp³-hybridized carbons (Fsp3) is 0.409. The first-order chi connectivity index (χ1) is 14.1. The number of halogens is 1. The molecular weight excluding hydrogens is 436 g/mol. The molecule has 1 fully saturated rings. The van der Waals surface area contributed by atoms with Crippen LogP contribution in [0.4, 0.5) is 0 Å². The van der Waals surface area contributed by atoms with Crippen LogP contribution in [0.15, 0.2) is 46.9 Å². The Morgan fingerprint density at radius 2 is 1.79 bits per heavy atom. The molecule has 0 spiro atoms. The lowest BCUT2D eigenvalue weighted by Crippen LogP contribution is -2.48. The van der Waals surface area contributed by atoms with Gasteiger partial charge in [0, 0.05) is 42.8 Å².